The van der Waals surface area contributed by atoms with Crippen molar-refractivity contribution < 1.29 is 0 Å². The normalized spacial score (nSPS) is 36.0. The minimum absolute atomic E-state index is 0.290. The summed E-state index contributed by atoms with van der Waals surface area (Å²) in [4.78, 5) is 2.51. The summed E-state index contributed by atoms with van der Waals surface area (Å²) in [6.45, 7) is 7.70. The summed E-state index contributed by atoms with van der Waals surface area (Å²) in [6, 6.07) is 1.48. The molecule has 0 bridgehead atoms. The van der Waals surface area contributed by atoms with E-state index in [9.17, 15) is 0 Å². The molecule has 1 heterocycles. The van der Waals surface area contributed by atoms with Crippen molar-refractivity contribution in [2.24, 2.45) is 0 Å². The number of hydrogen-bond acceptors (Lipinski definition) is 1. The van der Waals surface area contributed by atoms with Crippen LogP contribution in [0.5, 0.6) is 0 Å². The highest BCUT2D eigenvalue weighted by atomic mass is 35.5. The fourth-order valence-electron chi connectivity index (χ4n) is 1.90. The zero-order valence-corrected chi connectivity index (χ0v) is 8.43. The molecule has 1 rings (SSSR count). The molecule has 0 N–H and O–H groups in total. The van der Waals surface area contributed by atoms with E-state index in [-0.39, 0.29) is 5.38 Å². The Morgan fingerprint density at radius 2 is 1.82 bits per heavy atom. The molecule has 1 fully saturated rings. The third kappa shape index (κ3) is 2.34. The summed E-state index contributed by atoms with van der Waals surface area (Å²) in [7, 11) is 0. The van der Waals surface area contributed by atoms with Crippen LogP contribution in [0.15, 0.2) is 0 Å². The standard InChI is InChI=1S/C9H18ClN/c1-7(10)6-11-8(2)4-5-9(11)3/h7-9H,4-6H2,1-3H3. The molecule has 0 aliphatic carbocycles. The van der Waals surface area contributed by atoms with Crippen molar-refractivity contribution in [1.82, 2.24) is 4.90 Å². The van der Waals surface area contributed by atoms with Gasteiger partial charge in [-0.1, -0.05) is 0 Å². The van der Waals surface area contributed by atoms with Crippen LogP contribution < -0.4 is 0 Å². The van der Waals surface area contributed by atoms with Crippen LogP contribution in [0.2, 0.25) is 0 Å². The number of hydrogen-bond donors (Lipinski definition) is 0. The summed E-state index contributed by atoms with van der Waals surface area (Å²) in [5, 5.41) is 0.290. The van der Waals surface area contributed by atoms with Gasteiger partial charge in [0, 0.05) is 24.0 Å². The number of likely N-dealkylation sites (tertiary alicyclic amines) is 1. The summed E-state index contributed by atoms with van der Waals surface area (Å²) in [5.74, 6) is 0. The summed E-state index contributed by atoms with van der Waals surface area (Å²) >= 11 is 5.95. The van der Waals surface area contributed by atoms with Crippen LogP contribution in [-0.2, 0) is 0 Å². The van der Waals surface area contributed by atoms with Crippen LogP contribution in [-0.4, -0.2) is 28.9 Å². The van der Waals surface area contributed by atoms with Crippen molar-refractivity contribution in [3.63, 3.8) is 0 Å². The molecule has 0 aromatic heterocycles. The van der Waals surface area contributed by atoms with Gasteiger partial charge in [0.05, 0.1) is 0 Å². The molecule has 0 radical (unpaired) electrons. The van der Waals surface area contributed by atoms with Crippen LogP contribution in [0, 0.1) is 0 Å². The van der Waals surface area contributed by atoms with E-state index in [2.05, 4.69) is 25.7 Å². The molecule has 0 spiro atoms. The van der Waals surface area contributed by atoms with Gasteiger partial charge in [-0.05, 0) is 33.6 Å². The van der Waals surface area contributed by atoms with Gasteiger partial charge in [0.1, 0.15) is 0 Å². The van der Waals surface area contributed by atoms with Crippen LogP contribution in [0.4, 0.5) is 0 Å². The SMILES string of the molecule is CC(Cl)CN1C(C)CCC1C. The van der Waals surface area contributed by atoms with Crippen LogP contribution in [0.3, 0.4) is 0 Å². The molecule has 3 atom stereocenters. The number of nitrogens with zero attached hydrogens (tertiary/aromatic N) is 1. The van der Waals surface area contributed by atoms with Crippen molar-refractivity contribution in [2.75, 3.05) is 6.54 Å². The van der Waals surface area contributed by atoms with Gasteiger partial charge < -0.3 is 0 Å². The third-order valence-corrected chi connectivity index (χ3v) is 2.73. The fourth-order valence-corrected chi connectivity index (χ4v) is 2.06. The molecular formula is C9H18ClN. The van der Waals surface area contributed by atoms with E-state index in [0.29, 0.717) is 0 Å². The molecule has 0 aromatic carbocycles. The first-order chi connectivity index (χ1) is 5.11. The molecular weight excluding hydrogens is 158 g/mol. The first kappa shape index (κ1) is 9.34. The van der Waals surface area contributed by atoms with Gasteiger partial charge >= 0.3 is 0 Å². The van der Waals surface area contributed by atoms with Gasteiger partial charge in [0.25, 0.3) is 0 Å². The van der Waals surface area contributed by atoms with Crippen molar-refractivity contribution in [3.05, 3.63) is 0 Å². The van der Waals surface area contributed by atoms with Crippen molar-refractivity contribution in [3.8, 4) is 0 Å². The van der Waals surface area contributed by atoms with E-state index in [4.69, 9.17) is 11.6 Å². The predicted octanol–water partition coefficient (Wildman–Crippen LogP) is 2.49. The average Bonchev–Trinajstić information content (AvgIpc) is 2.18. The zero-order valence-electron chi connectivity index (χ0n) is 7.68. The maximum Gasteiger partial charge on any atom is 0.0435 e. The second kappa shape index (κ2) is 3.77. The van der Waals surface area contributed by atoms with Gasteiger partial charge in [-0.2, -0.15) is 0 Å². The van der Waals surface area contributed by atoms with E-state index in [1.54, 1.807) is 0 Å². The van der Waals surface area contributed by atoms with E-state index in [0.717, 1.165) is 18.6 Å². The zero-order chi connectivity index (χ0) is 8.43. The lowest BCUT2D eigenvalue weighted by molar-refractivity contribution is 0.216. The Hall–Kier alpha value is 0.250. The molecule has 0 aromatic rings. The van der Waals surface area contributed by atoms with E-state index in [1.807, 2.05) is 0 Å². The highest BCUT2D eigenvalue weighted by Gasteiger charge is 2.27. The molecule has 1 nitrogen and oxygen atoms in total. The van der Waals surface area contributed by atoms with Crippen molar-refractivity contribution >= 4 is 11.6 Å². The minimum Gasteiger partial charge on any atom is -0.297 e. The highest BCUT2D eigenvalue weighted by Crippen LogP contribution is 2.23. The Morgan fingerprint density at radius 3 is 2.18 bits per heavy atom. The molecule has 1 aliphatic heterocycles. The van der Waals surface area contributed by atoms with Gasteiger partial charge in [0.15, 0.2) is 0 Å². The summed E-state index contributed by atoms with van der Waals surface area (Å²) in [6.07, 6.45) is 2.68. The Kier molecular flexibility index (Phi) is 3.20. The lowest BCUT2D eigenvalue weighted by Crippen LogP contribution is -2.36. The summed E-state index contributed by atoms with van der Waals surface area (Å²) in [5.41, 5.74) is 0. The molecule has 66 valence electrons. The Balaban J connectivity index is 2.41. The molecule has 0 saturated carbocycles. The van der Waals surface area contributed by atoms with E-state index in [1.165, 1.54) is 12.8 Å². The second-order valence-electron chi connectivity index (χ2n) is 3.75. The van der Waals surface area contributed by atoms with Gasteiger partial charge in [-0.15, -0.1) is 11.6 Å². The lowest BCUT2D eigenvalue weighted by atomic mass is 10.2. The van der Waals surface area contributed by atoms with Gasteiger partial charge in [-0.25, -0.2) is 0 Å². The number of rotatable bonds is 2. The average molecular weight is 176 g/mol. The third-order valence-electron chi connectivity index (χ3n) is 2.60. The number of halogens is 1. The smallest absolute Gasteiger partial charge is 0.0435 e. The molecule has 1 saturated heterocycles. The van der Waals surface area contributed by atoms with E-state index >= 15 is 0 Å². The quantitative estimate of drug-likeness (QED) is 0.583. The van der Waals surface area contributed by atoms with Gasteiger partial charge in [0.2, 0.25) is 0 Å². The van der Waals surface area contributed by atoms with Crippen LogP contribution in [0.1, 0.15) is 33.6 Å². The predicted molar refractivity (Wildman–Crippen MR) is 50.2 cm³/mol. The molecule has 2 heteroatoms. The van der Waals surface area contributed by atoms with Gasteiger partial charge in [-0.3, -0.25) is 4.90 Å². The monoisotopic (exact) mass is 175 g/mol. The minimum atomic E-state index is 0.290. The van der Waals surface area contributed by atoms with Crippen LogP contribution >= 0.6 is 11.6 Å². The van der Waals surface area contributed by atoms with Crippen LogP contribution in [0.25, 0.3) is 0 Å². The topological polar surface area (TPSA) is 3.24 Å². The first-order valence-electron chi connectivity index (χ1n) is 4.51. The molecule has 0 amide bonds. The van der Waals surface area contributed by atoms with Crippen molar-refractivity contribution in [2.45, 2.75) is 51.1 Å². The fraction of sp³-hybridized carbons (Fsp3) is 1.00. The highest BCUT2D eigenvalue weighted by molar-refractivity contribution is 6.20. The Labute approximate surface area is 74.7 Å². The Morgan fingerprint density at radius 1 is 1.36 bits per heavy atom. The van der Waals surface area contributed by atoms with E-state index < -0.39 is 0 Å². The Bertz CT molecular complexity index is 115. The largest absolute Gasteiger partial charge is 0.297 e. The number of alkyl halides is 1. The second-order valence-corrected chi connectivity index (χ2v) is 4.50. The maximum absolute atomic E-state index is 5.95. The molecule has 11 heavy (non-hydrogen) atoms. The molecule has 3 unspecified atom stereocenters. The summed E-state index contributed by atoms with van der Waals surface area (Å²) < 4.78 is 0. The lowest BCUT2D eigenvalue weighted by Gasteiger charge is -2.26. The van der Waals surface area contributed by atoms with Crippen molar-refractivity contribution in [1.29, 1.82) is 0 Å². The first-order valence-corrected chi connectivity index (χ1v) is 4.94. The maximum atomic E-state index is 5.95. The molecule has 1 aliphatic rings.